The minimum atomic E-state index is 0.495. The highest BCUT2D eigenvalue weighted by atomic mass is 79.9. The molecule has 1 aromatic rings. The Morgan fingerprint density at radius 2 is 2.31 bits per heavy atom. The van der Waals surface area contributed by atoms with Crippen molar-refractivity contribution in [1.29, 1.82) is 5.26 Å². The van der Waals surface area contributed by atoms with Crippen LogP contribution in [0.25, 0.3) is 0 Å². The van der Waals surface area contributed by atoms with Gasteiger partial charge in [0.25, 0.3) is 0 Å². The highest BCUT2D eigenvalue weighted by molar-refractivity contribution is 9.08. The van der Waals surface area contributed by atoms with E-state index >= 15 is 0 Å². The number of pyridine rings is 1. The Balaban J connectivity index is 3.02. The summed E-state index contributed by atoms with van der Waals surface area (Å²) in [6, 6.07) is 3.89. The summed E-state index contributed by atoms with van der Waals surface area (Å²) in [5.41, 5.74) is 2.90. The first-order valence-electron chi connectivity index (χ1n) is 4.25. The largest absolute Gasteiger partial charge is 0.245 e. The number of hydrogen-bond acceptors (Lipinski definition) is 2. The fraction of sp³-hybridized carbons (Fsp3) is 0.400. The first-order chi connectivity index (χ1) is 6.31. The van der Waals surface area contributed by atoms with E-state index in [1.165, 1.54) is 11.1 Å². The van der Waals surface area contributed by atoms with Gasteiger partial charge in [0.05, 0.1) is 0 Å². The molecule has 0 bridgehead atoms. The van der Waals surface area contributed by atoms with Crippen LogP contribution >= 0.6 is 15.9 Å². The van der Waals surface area contributed by atoms with E-state index in [9.17, 15) is 0 Å². The number of nitriles is 1. The zero-order valence-electron chi connectivity index (χ0n) is 7.55. The Morgan fingerprint density at radius 1 is 1.54 bits per heavy atom. The van der Waals surface area contributed by atoms with Gasteiger partial charge < -0.3 is 0 Å². The zero-order valence-corrected chi connectivity index (χ0v) is 9.13. The van der Waals surface area contributed by atoms with Crippen LogP contribution in [0.5, 0.6) is 0 Å². The maximum absolute atomic E-state index is 8.65. The molecule has 0 fully saturated rings. The summed E-state index contributed by atoms with van der Waals surface area (Å²) in [7, 11) is 0. The maximum atomic E-state index is 8.65. The van der Waals surface area contributed by atoms with Crippen LogP contribution in [0.4, 0.5) is 0 Å². The normalized spacial score (nSPS) is 9.62. The molecule has 0 saturated carbocycles. The van der Waals surface area contributed by atoms with Crippen molar-refractivity contribution >= 4 is 15.9 Å². The van der Waals surface area contributed by atoms with Crippen molar-refractivity contribution in [2.24, 2.45) is 0 Å². The highest BCUT2D eigenvalue weighted by Gasteiger charge is 2.02. The summed E-state index contributed by atoms with van der Waals surface area (Å²) in [6.45, 7) is 2.14. The highest BCUT2D eigenvalue weighted by Crippen LogP contribution is 2.14. The quantitative estimate of drug-likeness (QED) is 0.760. The van der Waals surface area contributed by atoms with Gasteiger partial charge in [-0.2, -0.15) is 5.26 Å². The number of aromatic nitrogens is 1. The molecule has 13 heavy (non-hydrogen) atoms. The Kier molecular flexibility index (Phi) is 3.91. The topological polar surface area (TPSA) is 36.7 Å². The molecule has 0 aliphatic rings. The summed E-state index contributed by atoms with van der Waals surface area (Å²) in [4.78, 5) is 4.04. The van der Waals surface area contributed by atoms with E-state index in [1.54, 1.807) is 6.20 Å². The third kappa shape index (κ3) is 2.53. The van der Waals surface area contributed by atoms with E-state index in [2.05, 4.69) is 27.8 Å². The molecule has 1 heterocycles. The van der Waals surface area contributed by atoms with E-state index in [0.717, 1.165) is 18.2 Å². The van der Waals surface area contributed by atoms with E-state index < -0.39 is 0 Å². The summed E-state index contributed by atoms with van der Waals surface area (Å²) in [5.74, 6) is 0. The van der Waals surface area contributed by atoms with Gasteiger partial charge in [-0.25, -0.2) is 4.98 Å². The van der Waals surface area contributed by atoms with Crippen LogP contribution in [-0.4, -0.2) is 4.98 Å². The minimum Gasteiger partial charge on any atom is -0.245 e. The third-order valence-electron chi connectivity index (χ3n) is 1.86. The van der Waals surface area contributed by atoms with Gasteiger partial charge in [-0.05, 0) is 23.6 Å². The smallest absolute Gasteiger partial charge is 0.140 e. The van der Waals surface area contributed by atoms with Crippen LogP contribution in [0, 0.1) is 11.3 Å². The fourth-order valence-electron chi connectivity index (χ4n) is 1.21. The molecule has 0 atom stereocenters. The first kappa shape index (κ1) is 10.2. The fourth-order valence-corrected chi connectivity index (χ4v) is 1.73. The van der Waals surface area contributed by atoms with Crippen LogP contribution in [0.3, 0.4) is 0 Å². The lowest BCUT2D eigenvalue weighted by molar-refractivity contribution is 0.901. The van der Waals surface area contributed by atoms with Crippen molar-refractivity contribution in [2.75, 3.05) is 0 Å². The van der Waals surface area contributed by atoms with Crippen LogP contribution in [0.2, 0.25) is 0 Å². The van der Waals surface area contributed by atoms with E-state index in [4.69, 9.17) is 5.26 Å². The van der Waals surface area contributed by atoms with Gasteiger partial charge in [0, 0.05) is 11.5 Å². The number of aryl methyl sites for hydroxylation is 1. The van der Waals surface area contributed by atoms with Crippen LogP contribution < -0.4 is 0 Å². The van der Waals surface area contributed by atoms with Crippen molar-refractivity contribution in [3.63, 3.8) is 0 Å². The molecule has 0 spiro atoms. The van der Waals surface area contributed by atoms with Crippen LogP contribution in [-0.2, 0) is 11.8 Å². The molecule has 0 saturated heterocycles. The molecule has 0 amide bonds. The molecule has 2 nitrogen and oxygen atoms in total. The second kappa shape index (κ2) is 4.98. The summed E-state index contributed by atoms with van der Waals surface area (Å²) < 4.78 is 0. The maximum Gasteiger partial charge on any atom is 0.140 e. The second-order valence-electron chi connectivity index (χ2n) is 2.83. The summed E-state index contributed by atoms with van der Waals surface area (Å²) >= 11 is 3.40. The van der Waals surface area contributed by atoms with Crippen molar-refractivity contribution in [1.82, 2.24) is 4.98 Å². The molecule has 0 unspecified atom stereocenters. The summed E-state index contributed by atoms with van der Waals surface area (Å²) in [6.07, 6.45) is 3.94. The zero-order chi connectivity index (χ0) is 9.68. The third-order valence-corrected chi connectivity index (χ3v) is 2.46. The SMILES string of the molecule is CCCc1cnc(C#N)cc1CBr. The van der Waals surface area contributed by atoms with Gasteiger partial charge in [0.2, 0.25) is 0 Å². The van der Waals surface area contributed by atoms with Gasteiger partial charge in [0.15, 0.2) is 0 Å². The number of rotatable bonds is 3. The van der Waals surface area contributed by atoms with Crippen LogP contribution in [0.15, 0.2) is 12.3 Å². The lowest BCUT2D eigenvalue weighted by Gasteiger charge is -2.04. The van der Waals surface area contributed by atoms with Crippen molar-refractivity contribution in [2.45, 2.75) is 25.1 Å². The Bertz CT molecular complexity index is 328. The summed E-state index contributed by atoms with van der Waals surface area (Å²) in [5, 5.41) is 9.44. The predicted molar refractivity (Wildman–Crippen MR) is 55.6 cm³/mol. The Morgan fingerprint density at radius 3 is 2.85 bits per heavy atom. The lowest BCUT2D eigenvalue weighted by Crippen LogP contribution is -1.95. The molecule has 68 valence electrons. The average Bonchev–Trinajstić information content (AvgIpc) is 2.19. The molecule has 0 aromatic carbocycles. The monoisotopic (exact) mass is 238 g/mol. The number of halogens is 1. The van der Waals surface area contributed by atoms with Crippen molar-refractivity contribution in [3.05, 3.63) is 29.1 Å². The standard InChI is InChI=1S/C10H11BrN2/c1-2-3-8-7-13-10(6-12)4-9(8)5-11/h4,7H,2-3,5H2,1H3. The molecule has 0 radical (unpaired) electrons. The molecule has 3 heteroatoms. The number of nitrogens with zero attached hydrogens (tertiary/aromatic N) is 2. The number of alkyl halides is 1. The Hall–Kier alpha value is -0.880. The molecule has 1 rings (SSSR count). The van der Waals surface area contributed by atoms with Gasteiger partial charge in [-0.3, -0.25) is 0 Å². The van der Waals surface area contributed by atoms with Crippen molar-refractivity contribution < 1.29 is 0 Å². The van der Waals surface area contributed by atoms with E-state index in [1.807, 2.05) is 12.1 Å². The lowest BCUT2D eigenvalue weighted by atomic mass is 10.1. The van der Waals surface area contributed by atoms with Crippen molar-refractivity contribution in [3.8, 4) is 6.07 Å². The number of hydrogen-bond donors (Lipinski definition) is 0. The molecule has 1 aromatic heterocycles. The van der Waals surface area contributed by atoms with Gasteiger partial charge in [0.1, 0.15) is 11.8 Å². The second-order valence-corrected chi connectivity index (χ2v) is 3.39. The molecule has 0 aliphatic heterocycles. The molecular weight excluding hydrogens is 228 g/mol. The minimum absolute atomic E-state index is 0.495. The average molecular weight is 239 g/mol. The molecular formula is C10H11BrN2. The van der Waals surface area contributed by atoms with E-state index in [0.29, 0.717) is 5.69 Å². The first-order valence-corrected chi connectivity index (χ1v) is 5.37. The Labute approximate surface area is 86.7 Å². The molecule has 0 aliphatic carbocycles. The van der Waals surface area contributed by atoms with Gasteiger partial charge in [-0.1, -0.05) is 29.3 Å². The van der Waals surface area contributed by atoms with Gasteiger partial charge >= 0.3 is 0 Å². The van der Waals surface area contributed by atoms with Crippen LogP contribution in [0.1, 0.15) is 30.2 Å². The van der Waals surface area contributed by atoms with E-state index in [-0.39, 0.29) is 0 Å². The van der Waals surface area contributed by atoms with Gasteiger partial charge in [-0.15, -0.1) is 0 Å². The predicted octanol–water partition coefficient (Wildman–Crippen LogP) is 2.80. The molecule has 0 N–H and O–H groups in total.